The minimum absolute atomic E-state index is 0.121. The van der Waals surface area contributed by atoms with Crippen molar-refractivity contribution in [2.45, 2.75) is 0 Å². The van der Waals surface area contributed by atoms with Crippen molar-refractivity contribution < 1.29 is 4.79 Å². The largest absolute Gasteiger partial charge is 0.296 e. The summed E-state index contributed by atoms with van der Waals surface area (Å²) in [7, 11) is 0. The zero-order chi connectivity index (χ0) is 14.1. The van der Waals surface area contributed by atoms with E-state index in [2.05, 4.69) is 33.1 Å². The predicted octanol–water partition coefficient (Wildman–Crippen LogP) is 4.35. The minimum Gasteiger partial charge on any atom is -0.296 e. The molecule has 2 unspecified atom stereocenters. The van der Waals surface area contributed by atoms with Crippen molar-refractivity contribution in [2.75, 3.05) is 0 Å². The van der Waals surface area contributed by atoms with E-state index in [4.69, 9.17) is 11.6 Å². The van der Waals surface area contributed by atoms with E-state index in [1.807, 2.05) is 36.4 Å². The molecule has 0 amide bonds. The highest BCUT2D eigenvalue weighted by molar-refractivity contribution is 9.10. The van der Waals surface area contributed by atoms with Crippen LogP contribution in [-0.2, 0) is 4.79 Å². The first-order valence-corrected chi connectivity index (χ1v) is 7.42. The van der Waals surface area contributed by atoms with Gasteiger partial charge in [0.1, 0.15) is 0 Å². The predicted molar refractivity (Wildman–Crippen MR) is 85.1 cm³/mol. The SMILES string of the molecule is O=CC1=CC2C=CC=CC2C(c2cc(Br)ccc2Cl)=N1. The number of rotatable bonds is 2. The van der Waals surface area contributed by atoms with Gasteiger partial charge >= 0.3 is 0 Å². The van der Waals surface area contributed by atoms with Crippen molar-refractivity contribution in [3.05, 3.63) is 69.3 Å². The average molecular weight is 349 g/mol. The molecule has 0 radical (unpaired) electrons. The van der Waals surface area contributed by atoms with Crippen molar-refractivity contribution in [3.63, 3.8) is 0 Å². The van der Waals surface area contributed by atoms with E-state index in [1.165, 1.54) is 0 Å². The highest BCUT2D eigenvalue weighted by atomic mass is 79.9. The van der Waals surface area contributed by atoms with Gasteiger partial charge in [-0.05, 0) is 24.3 Å². The molecule has 0 bridgehead atoms. The summed E-state index contributed by atoms with van der Waals surface area (Å²) in [6.45, 7) is 0. The summed E-state index contributed by atoms with van der Waals surface area (Å²) < 4.78 is 0.939. The maximum absolute atomic E-state index is 11.1. The van der Waals surface area contributed by atoms with Crippen LogP contribution in [0.1, 0.15) is 5.56 Å². The maximum Gasteiger partial charge on any atom is 0.168 e. The summed E-state index contributed by atoms with van der Waals surface area (Å²) in [4.78, 5) is 15.6. The van der Waals surface area contributed by atoms with Crippen molar-refractivity contribution in [3.8, 4) is 0 Å². The molecule has 0 spiro atoms. The lowest BCUT2D eigenvalue weighted by Gasteiger charge is -2.27. The number of halogens is 2. The van der Waals surface area contributed by atoms with Crippen LogP contribution in [0.2, 0.25) is 5.02 Å². The van der Waals surface area contributed by atoms with E-state index in [0.717, 1.165) is 22.0 Å². The third-order valence-corrected chi connectivity index (χ3v) is 4.25. The van der Waals surface area contributed by atoms with Crippen molar-refractivity contribution in [2.24, 2.45) is 16.8 Å². The monoisotopic (exact) mass is 347 g/mol. The molecule has 0 saturated heterocycles. The molecule has 2 nitrogen and oxygen atoms in total. The van der Waals surface area contributed by atoms with Crippen molar-refractivity contribution in [1.29, 1.82) is 0 Å². The van der Waals surface area contributed by atoms with E-state index in [-0.39, 0.29) is 11.8 Å². The second kappa shape index (κ2) is 5.51. The number of aldehydes is 1. The lowest BCUT2D eigenvalue weighted by Crippen LogP contribution is -2.26. The molecule has 1 aromatic carbocycles. The highest BCUT2D eigenvalue weighted by Crippen LogP contribution is 2.34. The van der Waals surface area contributed by atoms with Gasteiger partial charge in [0.15, 0.2) is 6.29 Å². The van der Waals surface area contributed by atoms with Crippen LogP contribution in [0.4, 0.5) is 0 Å². The fourth-order valence-corrected chi connectivity index (χ4v) is 3.08. The van der Waals surface area contributed by atoms with E-state index >= 15 is 0 Å². The van der Waals surface area contributed by atoms with E-state index in [1.54, 1.807) is 0 Å². The number of hydrogen-bond acceptors (Lipinski definition) is 2. The van der Waals surface area contributed by atoms with Crippen LogP contribution >= 0.6 is 27.5 Å². The zero-order valence-corrected chi connectivity index (χ0v) is 12.8. The Hall–Kier alpha value is -1.45. The number of carbonyl (C=O) groups is 1. The Balaban J connectivity index is 2.14. The standard InChI is InChI=1S/C16H11BrClNO/c17-11-5-6-15(18)14(8-11)16-13-4-2-1-3-10(13)7-12(9-20)19-16/h1-10,13H. The summed E-state index contributed by atoms with van der Waals surface area (Å²) in [5.74, 6) is 0.276. The van der Waals surface area contributed by atoms with Gasteiger partial charge in [0, 0.05) is 26.9 Å². The van der Waals surface area contributed by atoms with Gasteiger partial charge in [0.05, 0.1) is 11.4 Å². The fourth-order valence-electron chi connectivity index (χ4n) is 2.50. The van der Waals surface area contributed by atoms with Crippen LogP contribution in [0.5, 0.6) is 0 Å². The number of nitrogens with zero attached hydrogens (tertiary/aromatic N) is 1. The summed E-state index contributed by atoms with van der Waals surface area (Å²) in [6, 6.07) is 5.66. The molecule has 4 heteroatoms. The molecule has 0 fully saturated rings. The number of hydrogen-bond donors (Lipinski definition) is 0. The first kappa shape index (κ1) is 13.5. The first-order valence-electron chi connectivity index (χ1n) is 6.25. The molecule has 1 aromatic rings. The van der Waals surface area contributed by atoms with E-state index < -0.39 is 0 Å². The number of carbonyl (C=O) groups excluding carboxylic acids is 1. The van der Waals surface area contributed by atoms with Crippen LogP contribution in [0.15, 0.2) is 63.7 Å². The van der Waals surface area contributed by atoms with Gasteiger partial charge < -0.3 is 0 Å². The topological polar surface area (TPSA) is 29.4 Å². The van der Waals surface area contributed by atoms with E-state index in [0.29, 0.717) is 10.7 Å². The quantitative estimate of drug-likeness (QED) is 0.731. The van der Waals surface area contributed by atoms with Crippen molar-refractivity contribution >= 4 is 39.5 Å². The van der Waals surface area contributed by atoms with Gasteiger partial charge in [-0.2, -0.15) is 0 Å². The third-order valence-electron chi connectivity index (χ3n) is 3.43. The highest BCUT2D eigenvalue weighted by Gasteiger charge is 2.28. The Morgan fingerprint density at radius 2 is 2.05 bits per heavy atom. The van der Waals surface area contributed by atoms with Crippen LogP contribution in [0.3, 0.4) is 0 Å². The molecule has 0 N–H and O–H groups in total. The maximum atomic E-state index is 11.1. The lowest BCUT2D eigenvalue weighted by molar-refractivity contribution is -0.105. The van der Waals surface area contributed by atoms with Gasteiger partial charge in [-0.25, -0.2) is 4.99 Å². The summed E-state index contributed by atoms with van der Waals surface area (Å²) >= 11 is 9.75. The van der Waals surface area contributed by atoms with E-state index in [9.17, 15) is 4.79 Å². The molecular formula is C16H11BrClNO. The third kappa shape index (κ3) is 2.43. The van der Waals surface area contributed by atoms with Gasteiger partial charge in [-0.1, -0.05) is 51.8 Å². The Morgan fingerprint density at radius 1 is 1.25 bits per heavy atom. The average Bonchev–Trinajstić information content (AvgIpc) is 2.48. The van der Waals surface area contributed by atoms with Crippen LogP contribution in [-0.4, -0.2) is 12.0 Å². The lowest BCUT2D eigenvalue weighted by atomic mass is 9.80. The second-order valence-corrected chi connectivity index (χ2v) is 6.03. The fraction of sp³-hybridized carbons (Fsp3) is 0.125. The van der Waals surface area contributed by atoms with Crippen LogP contribution in [0, 0.1) is 11.8 Å². The summed E-state index contributed by atoms with van der Waals surface area (Å²) in [5, 5.41) is 0.640. The number of allylic oxidation sites excluding steroid dienone is 6. The van der Waals surface area contributed by atoms with Gasteiger partial charge in [-0.15, -0.1) is 0 Å². The molecule has 20 heavy (non-hydrogen) atoms. The Bertz CT molecular complexity index is 688. The van der Waals surface area contributed by atoms with Crippen LogP contribution in [0.25, 0.3) is 0 Å². The minimum atomic E-state index is 0.121. The van der Waals surface area contributed by atoms with Gasteiger partial charge in [-0.3, -0.25) is 4.79 Å². The molecule has 0 saturated carbocycles. The second-order valence-electron chi connectivity index (χ2n) is 4.70. The molecule has 1 aliphatic carbocycles. The molecule has 1 aliphatic heterocycles. The smallest absolute Gasteiger partial charge is 0.168 e. The summed E-state index contributed by atoms with van der Waals surface area (Å²) in [5.41, 5.74) is 2.16. The molecule has 2 aliphatic rings. The van der Waals surface area contributed by atoms with Gasteiger partial charge in [0.2, 0.25) is 0 Å². The molecule has 3 rings (SSSR count). The Labute approximate surface area is 130 Å². The van der Waals surface area contributed by atoms with Crippen LogP contribution < -0.4 is 0 Å². The first-order chi connectivity index (χ1) is 9.69. The Kier molecular flexibility index (Phi) is 3.72. The normalized spacial score (nSPS) is 23.9. The molecule has 2 atom stereocenters. The van der Waals surface area contributed by atoms with Crippen molar-refractivity contribution in [1.82, 2.24) is 0 Å². The number of fused-ring (bicyclic) bond motifs is 1. The molecule has 1 heterocycles. The zero-order valence-electron chi connectivity index (χ0n) is 10.5. The molecular weight excluding hydrogens is 338 g/mol. The summed E-state index contributed by atoms with van der Waals surface area (Å²) in [6.07, 6.45) is 10.8. The number of benzene rings is 1. The number of aliphatic imine (C=N–C) groups is 1. The molecule has 0 aromatic heterocycles. The molecule has 100 valence electrons. The van der Waals surface area contributed by atoms with Gasteiger partial charge in [0.25, 0.3) is 0 Å². The Morgan fingerprint density at radius 3 is 2.85 bits per heavy atom.